The summed E-state index contributed by atoms with van der Waals surface area (Å²) >= 11 is 0. The summed E-state index contributed by atoms with van der Waals surface area (Å²) in [5.41, 5.74) is 8.58. The highest BCUT2D eigenvalue weighted by Crippen LogP contribution is 2.23. The fourth-order valence-electron chi connectivity index (χ4n) is 1.73. The number of hydrogen-bond acceptors (Lipinski definition) is 5. The van der Waals surface area contributed by atoms with Gasteiger partial charge in [0.15, 0.2) is 5.70 Å². The van der Waals surface area contributed by atoms with Gasteiger partial charge in [-0.1, -0.05) is 24.3 Å². The number of nitrogens with two attached hydrogens (primary N) is 2. The molecule has 0 unspecified atom stereocenters. The predicted octanol–water partition coefficient (Wildman–Crippen LogP) is 1.55. The number of hydrogen-bond donors (Lipinski definition) is 4. The van der Waals surface area contributed by atoms with Gasteiger partial charge in [-0.05, 0) is 35.4 Å². The fourth-order valence-corrected chi connectivity index (χ4v) is 1.73. The maximum atomic E-state index is 12.9. The molecule has 2 rings (SSSR count). The molecular weight excluding hydrogens is 289 g/mol. The first-order valence-corrected chi connectivity index (χ1v) is 6.25. The van der Waals surface area contributed by atoms with E-state index in [2.05, 4.69) is 5.43 Å². The molecule has 0 heterocycles. The lowest BCUT2D eigenvalue weighted by Crippen LogP contribution is -2.31. The zero-order valence-electron chi connectivity index (χ0n) is 11.4. The average Bonchev–Trinajstić information content (AvgIpc) is 2.53. The molecule has 0 bridgehead atoms. The van der Waals surface area contributed by atoms with Crippen LogP contribution in [-0.2, 0) is 4.79 Å². The van der Waals surface area contributed by atoms with Gasteiger partial charge in [0.05, 0.1) is 0 Å². The van der Waals surface area contributed by atoms with E-state index in [1.807, 2.05) is 0 Å². The highest BCUT2D eigenvalue weighted by molar-refractivity contribution is 5.85. The SMILES string of the molecule is NN/C(Oc1ccc(-c2ccc(F)cc2)cc1)=C(\N)C(=O)O. The Hall–Kier alpha value is -3.06. The van der Waals surface area contributed by atoms with Crippen LogP contribution in [0.4, 0.5) is 4.39 Å². The number of halogens is 1. The highest BCUT2D eigenvalue weighted by atomic mass is 19.1. The van der Waals surface area contributed by atoms with E-state index in [9.17, 15) is 9.18 Å². The van der Waals surface area contributed by atoms with E-state index in [-0.39, 0.29) is 11.7 Å². The van der Waals surface area contributed by atoms with E-state index in [4.69, 9.17) is 21.4 Å². The monoisotopic (exact) mass is 303 g/mol. The third kappa shape index (κ3) is 3.53. The summed E-state index contributed by atoms with van der Waals surface area (Å²) in [5, 5.41) is 8.79. The minimum Gasteiger partial charge on any atom is -0.476 e. The fraction of sp³-hybridized carbons (Fsp3) is 0. The van der Waals surface area contributed by atoms with Crippen LogP contribution < -0.4 is 21.7 Å². The van der Waals surface area contributed by atoms with Crippen LogP contribution in [0.3, 0.4) is 0 Å². The van der Waals surface area contributed by atoms with Gasteiger partial charge in [-0.2, -0.15) is 0 Å². The average molecular weight is 303 g/mol. The zero-order valence-corrected chi connectivity index (χ0v) is 11.4. The van der Waals surface area contributed by atoms with Gasteiger partial charge in [0.25, 0.3) is 0 Å². The van der Waals surface area contributed by atoms with Gasteiger partial charge >= 0.3 is 5.97 Å². The first-order chi connectivity index (χ1) is 10.5. The summed E-state index contributed by atoms with van der Waals surface area (Å²) in [6.45, 7) is 0. The van der Waals surface area contributed by atoms with Crippen LogP contribution in [0.15, 0.2) is 60.1 Å². The van der Waals surface area contributed by atoms with Crippen molar-refractivity contribution in [2.24, 2.45) is 11.6 Å². The van der Waals surface area contributed by atoms with Crippen molar-refractivity contribution in [1.82, 2.24) is 5.43 Å². The maximum Gasteiger partial charge on any atom is 0.357 e. The number of hydrazine groups is 1. The molecule has 0 atom stereocenters. The normalized spacial score (nSPS) is 11.5. The maximum absolute atomic E-state index is 12.9. The van der Waals surface area contributed by atoms with Crippen molar-refractivity contribution in [1.29, 1.82) is 0 Å². The molecule has 7 heteroatoms. The minimum atomic E-state index is -1.35. The molecule has 0 saturated heterocycles. The second-order valence-electron chi connectivity index (χ2n) is 4.33. The summed E-state index contributed by atoms with van der Waals surface area (Å²) in [7, 11) is 0. The Bertz CT molecular complexity index is 697. The molecule has 0 aliphatic heterocycles. The van der Waals surface area contributed by atoms with Crippen LogP contribution in [0.25, 0.3) is 11.1 Å². The summed E-state index contributed by atoms with van der Waals surface area (Å²) in [6.07, 6.45) is 0. The number of ether oxygens (including phenoxy) is 1. The number of carboxylic acids is 1. The van der Waals surface area contributed by atoms with Crippen molar-refractivity contribution in [3.63, 3.8) is 0 Å². The molecule has 0 aliphatic carbocycles. The van der Waals surface area contributed by atoms with E-state index in [1.54, 1.807) is 36.4 Å². The van der Waals surface area contributed by atoms with E-state index in [0.29, 0.717) is 5.75 Å². The molecule has 0 aliphatic rings. The topological polar surface area (TPSA) is 111 Å². The lowest BCUT2D eigenvalue weighted by molar-refractivity contribution is -0.132. The van der Waals surface area contributed by atoms with Crippen LogP contribution in [0.1, 0.15) is 0 Å². The Morgan fingerprint density at radius 2 is 1.55 bits per heavy atom. The number of rotatable bonds is 5. The quantitative estimate of drug-likeness (QED) is 0.289. The van der Waals surface area contributed by atoms with Crippen molar-refractivity contribution in [3.8, 4) is 16.9 Å². The largest absolute Gasteiger partial charge is 0.476 e. The summed E-state index contributed by atoms with van der Waals surface area (Å²) in [5.74, 6) is 3.61. The molecule has 114 valence electrons. The molecule has 0 aromatic heterocycles. The molecule has 2 aromatic carbocycles. The lowest BCUT2D eigenvalue weighted by atomic mass is 10.1. The zero-order chi connectivity index (χ0) is 16.1. The van der Waals surface area contributed by atoms with Crippen molar-refractivity contribution < 1.29 is 19.0 Å². The Balaban J connectivity index is 2.20. The summed E-state index contributed by atoms with van der Waals surface area (Å²) in [6, 6.07) is 12.8. The van der Waals surface area contributed by atoms with Gasteiger partial charge in [-0.15, -0.1) is 0 Å². The second kappa shape index (κ2) is 6.59. The lowest BCUT2D eigenvalue weighted by Gasteiger charge is -2.11. The van der Waals surface area contributed by atoms with Crippen molar-refractivity contribution in [2.45, 2.75) is 0 Å². The molecule has 0 amide bonds. The molecule has 0 fully saturated rings. The first kappa shape index (κ1) is 15.3. The van der Waals surface area contributed by atoms with E-state index in [0.717, 1.165) is 11.1 Å². The Labute approximate surface area is 125 Å². The Kier molecular flexibility index (Phi) is 4.60. The smallest absolute Gasteiger partial charge is 0.357 e. The Morgan fingerprint density at radius 1 is 1.05 bits per heavy atom. The molecule has 2 aromatic rings. The number of aliphatic carboxylic acids is 1. The highest BCUT2D eigenvalue weighted by Gasteiger charge is 2.12. The van der Waals surface area contributed by atoms with E-state index < -0.39 is 11.7 Å². The molecule has 22 heavy (non-hydrogen) atoms. The molecule has 6 nitrogen and oxygen atoms in total. The van der Waals surface area contributed by atoms with Crippen molar-refractivity contribution in [2.75, 3.05) is 0 Å². The molecule has 0 saturated carbocycles. The second-order valence-corrected chi connectivity index (χ2v) is 4.33. The molecular formula is C15H14FN3O3. The van der Waals surface area contributed by atoms with Gasteiger partial charge < -0.3 is 15.6 Å². The van der Waals surface area contributed by atoms with Gasteiger partial charge in [0.1, 0.15) is 11.6 Å². The Morgan fingerprint density at radius 3 is 2.00 bits per heavy atom. The molecule has 0 spiro atoms. The molecule has 0 radical (unpaired) electrons. The van der Waals surface area contributed by atoms with Crippen LogP contribution in [-0.4, -0.2) is 11.1 Å². The van der Waals surface area contributed by atoms with E-state index in [1.165, 1.54) is 12.1 Å². The first-order valence-electron chi connectivity index (χ1n) is 6.25. The summed E-state index contributed by atoms with van der Waals surface area (Å²) in [4.78, 5) is 10.8. The third-order valence-electron chi connectivity index (χ3n) is 2.86. The minimum absolute atomic E-state index is 0.262. The van der Waals surface area contributed by atoms with Gasteiger partial charge in [-0.3, -0.25) is 5.43 Å². The van der Waals surface area contributed by atoms with Crippen molar-refractivity contribution >= 4 is 5.97 Å². The van der Waals surface area contributed by atoms with E-state index >= 15 is 0 Å². The number of benzene rings is 2. The third-order valence-corrected chi connectivity index (χ3v) is 2.86. The predicted molar refractivity (Wildman–Crippen MR) is 78.6 cm³/mol. The van der Waals surface area contributed by atoms with Crippen LogP contribution in [0.5, 0.6) is 5.75 Å². The van der Waals surface area contributed by atoms with Crippen molar-refractivity contribution in [3.05, 3.63) is 65.9 Å². The summed E-state index contributed by atoms with van der Waals surface area (Å²) < 4.78 is 18.2. The van der Waals surface area contributed by atoms with Crippen LogP contribution >= 0.6 is 0 Å². The van der Waals surface area contributed by atoms with Crippen LogP contribution in [0, 0.1) is 5.82 Å². The van der Waals surface area contributed by atoms with Gasteiger partial charge in [-0.25, -0.2) is 15.0 Å². The molecule has 6 N–H and O–H groups in total. The standard InChI is InChI=1S/C15H14FN3O3/c16-11-5-1-9(2-6-11)10-3-7-12(8-4-10)22-14(19-18)13(17)15(20)21/h1-8,19H,17-18H2,(H,20,21)/b14-13+. The number of nitrogens with one attached hydrogen (secondary N) is 1. The van der Waals surface area contributed by atoms with Gasteiger partial charge in [0, 0.05) is 0 Å². The number of carboxylic acid groups (broad SMARTS) is 1. The number of carbonyl (C=O) groups is 1. The van der Waals surface area contributed by atoms with Gasteiger partial charge in [0.2, 0.25) is 5.88 Å². The van der Waals surface area contributed by atoms with Crippen LogP contribution in [0.2, 0.25) is 0 Å².